The fourth-order valence-corrected chi connectivity index (χ4v) is 2.62. The molecular weight excluding hydrogens is 284 g/mol. The van der Waals surface area contributed by atoms with E-state index in [-0.39, 0.29) is 0 Å². The summed E-state index contributed by atoms with van der Waals surface area (Å²) in [5.74, 6) is 1.93. The number of thiocarbonyl (C=S) groups is 1. The van der Waals surface area contributed by atoms with Gasteiger partial charge >= 0.3 is 0 Å². The van der Waals surface area contributed by atoms with Crippen LogP contribution in [0, 0.1) is 0 Å². The molecule has 110 valence electrons. The lowest BCUT2D eigenvalue weighted by Crippen LogP contribution is -2.51. The van der Waals surface area contributed by atoms with Gasteiger partial charge in [0.05, 0.1) is 12.8 Å². The molecule has 1 aliphatic rings. The molecule has 2 aromatic heterocycles. The van der Waals surface area contributed by atoms with Gasteiger partial charge in [0.2, 0.25) is 0 Å². The van der Waals surface area contributed by atoms with E-state index in [1.54, 1.807) is 6.26 Å². The highest BCUT2D eigenvalue weighted by atomic mass is 32.1. The van der Waals surface area contributed by atoms with Crippen LogP contribution in [0.3, 0.4) is 0 Å². The predicted molar refractivity (Wildman–Crippen MR) is 86.2 cm³/mol. The number of furan rings is 1. The number of hydrogen-bond donors (Lipinski definition) is 1. The molecule has 1 fully saturated rings. The monoisotopic (exact) mass is 302 g/mol. The van der Waals surface area contributed by atoms with E-state index in [9.17, 15) is 0 Å². The molecule has 0 amide bonds. The second-order valence-corrected chi connectivity index (χ2v) is 5.29. The Morgan fingerprint density at radius 2 is 2.05 bits per heavy atom. The minimum absolute atomic E-state index is 0.631. The largest absolute Gasteiger partial charge is 0.467 e. The van der Waals surface area contributed by atoms with Crippen molar-refractivity contribution in [1.82, 2.24) is 15.2 Å². The number of nitrogens with one attached hydrogen (secondary N) is 1. The second kappa shape index (κ2) is 6.58. The van der Waals surface area contributed by atoms with Gasteiger partial charge in [-0.2, -0.15) is 0 Å². The number of piperazine rings is 1. The fraction of sp³-hybridized carbons (Fsp3) is 0.333. The smallest absolute Gasteiger partial charge is 0.169 e. The maximum absolute atomic E-state index is 5.44. The summed E-state index contributed by atoms with van der Waals surface area (Å²) in [6, 6.07) is 9.82. The normalized spacial score (nSPS) is 15.0. The fourth-order valence-electron chi connectivity index (χ4n) is 2.37. The zero-order valence-corrected chi connectivity index (χ0v) is 12.6. The highest BCUT2D eigenvalue weighted by Gasteiger charge is 2.19. The van der Waals surface area contributed by atoms with E-state index in [0.717, 1.165) is 42.9 Å². The van der Waals surface area contributed by atoms with Crippen LogP contribution in [-0.4, -0.2) is 41.2 Å². The van der Waals surface area contributed by atoms with E-state index < -0.39 is 0 Å². The average molecular weight is 302 g/mol. The summed E-state index contributed by atoms with van der Waals surface area (Å²) in [6.45, 7) is 4.30. The van der Waals surface area contributed by atoms with Crippen LogP contribution in [0.1, 0.15) is 5.76 Å². The van der Waals surface area contributed by atoms with Crippen LogP contribution in [0.5, 0.6) is 0 Å². The zero-order chi connectivity index (χ0) is 14.5. The number of anilines is 1. The van der Waals surface area contributed by atoms with E-state index in [4.69, 9.17) is 16.6 Å². The van der Waals surface area contributed by atoms with E-state index in [1.807, 2.05) is 36.5 Å². The van der Waals surface area contributed by atoms with Crippen LogP contribution in [0.4, 0.5) is 5.82 Å². The number of hydrogen-bond acceptors (Lipinski definition) is 4. The molecule has 1 aliphatic heterocycles. The molecule has 0 radical (unpaired) electrons. The van der Waals surface area contributed by atoms with Crippen molar-refractivity contribution < 1.29 is 4.42 Å². The topological polar surface area (TPSA) is 44.5 Å². The van der Waals surface area contributed by atoms with Gasteiger partial charge in [-0.3, -0.25) is 0 Å². The molecule has 2 aromatic rings. The molecule has 0 aromatic carbocycles. The molecule has 0 atom stereocenters. The predicted octanol–water partition coefficient (Wildman–Crippen LogP) is 1.87. The Morgan fingerprint density at radius 3 is 2.71 bits per heavy atom. The van der Waals surface area contributed by atoms with Gasteiger partial charge in [0, 0.05) is 32.4 Å². The molecule has 0 spiro atoms. The Labute approximate surface area is 129 Å². The molecule has 1 N–H and O–H groups in total. The molecule has 0 bridgehead atoms. The SMILES string of the molecule is S=C(NCc1ccco1)N1CCN(c2ccccn2)CC1. The van der Waals surface area contributed by atoms with Crippen LogP contribution in [0.15, 0.2) is 47.2 Å². The number of nitrogens with zero attached hydrogens (tertiary/aromatic N) is 3. The molecule has 5 nitrogen and oxygen atoms in total. The molecule has 3 rings (SSSR count). The molecule has 0 saturated carbocycles. The average Bonchev–Trinajstić information content (AvgIpc) is 3.07. The Hall–Kier alpha value is -2.08. The summed E-state index contributed by atoms with van der Waals surface area (Å²) < 4.78 is 5.29. The lowest BCUT2D eigenvalue weighted by molar-refractivity contribution is 0.376. The van der Waals surface area contributed by atoms with Crippen LogP contribution in [0.25, 0.3) is 0 Å². The maximum Gasteiger partial charge on any atom is 0.169 e. The Bertz CT molecular complexity index is 565. The first-order valence-electron chi connectivity index (χ1n) is 7.04. The number of aromatic nitrogens is 1. The number of pyridine rings is 1. The summed E-state index contributed by atoms with van der Waals surface area (Å²) in [5, 5.41) is 4.02. The Kier molecular flexibility index (Phi) is 4.35. The van der Waals surface area contributed by atoms with Crippen molar-refractivity contribution in [3.63, 3.8) is 0 Å². The molecular formula is C15H18N4OS. The molecule has 0 aliphatic carbocycles. The molecule has 21 heavy (non-hydrogen) atoms. The van der Waals surface area contributed by atoms with Crippen LogP contribution >= 0.6 is 12.2 Å². The lowest BCUT2D eigenvalue weighted by Gasteiger charge is -2.36. The van der Waals surface area contributed by atoms with Crippen LogP contribution in [-0.2, 0) is 6.54 Å². The standard InChI is InChI=1S/C15H18N4OS/c21-15(17-12-13-4-3-11-20-13)19-9-7-18(8-10-19)14-5-1-2-6-16-14/h1-6,11H,7-10,12H2,(H,17,21). The van der Waals surface area contributed by atoms with Crippen molar-refractivity contribution in [1.29, 1.82) is 0 Å². The molecule has 6 heteroatoms. The van der Waals surface area contributed by atoms with Gasteiger partial charge < -0.3 is 19.5 Å². The first-order chi connectivity index (χ1) is 10.3. The van der Waals surface area contributed by atoms with Crippen molar-refractivity contribution in [3.8, 4) is 0 Å². The van der Waals surface area contributed by atoms with Crippen molar-refractivity contribution in [2.45, 2.75) is 6.54 Å². The van der Waals surface area contributed by atoms with E-state index in [2.05, 4.69) is 20.1 Å². The highest BCUT2D eigenvalue weighted by molar-refractivity contribution is 7.80. The quantitative estimate of drug-likeness (QED) is 0.873. The van der Waals surface area contributed by atoms with Crippen LogP contribution < -0.4 is 10.2 Å². The molecule has 1 saturated heterocycles. The van der Waals surface area contributed by atoms with Gasteiger partial charge in [0.1, 0.15) is 11.6 Å². The van der Waals surface area contributed by atoms with Gasteiger partial charge in [-0.25, -0.2) is 4.98 Å². The van der Waals surface area contributed by atoms with Gasteiger partial charge in [-0.15, -0.1) is 0 Å². The van der Waals surface area contributed by atoms with E-state index in [1.165, 1.54) is 0 Å². The van der Waals surface area contributed by atoms with E-state index >= 15 is 0 Å². The van der Waals surface area contributed by atoms with E-state index in [0.29, 0.717) is 6.54 Å². The van der Waals surface area contributed by atoms with Crippen molar-refractivity contribution in [3.05, 3.63) is 48.6 Å². The molecule has 3 heterocycles. The number of rotatable bonds is 3. The van der Waals surface area contributed by atoms with Gasteiger partial charge in [0.25, 0.3) is 0 Å². The maximum atomic E-state index is 5.44. The van der Waals surface area contributed by atoms with Crippen molar-refractivity contribution >= 4 is 23.1 Å². The molecule has 0 unspecified atom stereocenters. The van der Waals surface area contributed by atoms with Crippen molar-refractivity contribution in [2.24, 2.45) is 0 Å². The third-order valence-corrected chi connectivity index (χ3v) is 3.94. The minimum atomic E-state index is 0.631. The Balaban J connectivity index is 1.48. The van der Waals surface area contributed by atoms with Crippen molar-refractivity contribution in [2.75, 3.05) is 31.1 Å². The highest BCUT2D eigenvalue weighted by Crippen LogP contribution is 2.12. The summed E-state index contributed by atoms with van der Waals surface area (Å²) in [7, 11) is 0. The second-order valence-electron chi connectivity index (χ2n) is 4.90. The van der Waals surface area contributed by atoms with Crippen LogP contribution in [0.2, 0.25) is 0 Å². The summed E-state index contributed by atoms with van der Waals surface area (Å²) in [6.07, 6.45) is 3.50. The summed E-state index contributed by atoms with van der Waals surface area (Å²) in [5.41, 5.74) is 0. The summed E-state index contributed by atoms with van der Waals surface area (Å²) >= 11 is 5.44. The lowest BCUT2D eigenvalue weighted by atomic mass is 10.3. The van der Waals surface area contributed by atoms with Gasteiger partial charge in [0.15, 0.2) is 5.11 Å². The zero-order valence-electron chi connectivity index (χ0n) is 11.7. The minimum Gasteiger partial charge on any atom is -0.467 e. The first-order valence-corrected chi connectivity index (χ1v) is 7.45. The third kappa shape index (κ3) is 3.52. The van der Waals surface area contributed by atoms with Gasteiger partial charge in [-0.05, 0) is 36.5 Å². The Morgan fingerprint density at radius 1 is 1.19 bits per heavy atom. The van der Waals surface area contributed by atoms with Gasteiger partial charge in [-0.1, -0.05) is 6.07 Å². The summed E-state index contributed by atoms with van der Waals surface area (Å²) in [4.78, 5) is 8.86. The third-order valence-electron chi connectivity index (χ3n) is 3.53. The first kappa shape index (κ1) is 13.9.